The Kier molecular flexibility index (Phi) is 9.36. The molecule has 5 rings (SSSR count). The van der Waals surface area contributed by atoms with Crippen molar-refractivity contribution in [3.05, 3.63) is 131 Å². The van der Waals surface area contributed by atoms with E-state index in [2.05, 4.69) is 59.5 Å². The normalized spacial score (nSPS) is 16.9. The summed E-state index contributed by atoms with van der Waals surface area (Å²) in [5, 5.41) is 10.2. The summed E-state index contributed by atoms with van der Waals surface area (Å²) in [7, 11) is 0. The van der Waals surface area contributed by atoms with Crippen LogP contribution in [0.1, 0.15) is 78.8 Å². The zero-order chi connectivity index (χ0) is 30.6. The molecule has 1 heterocycles. The molecular weight excluding hydrogens is 547 g/mol. The fraction of sp³-hybridized carbons (Fsp3) is 0.324. The monoisotopic (exact) mass is 585 g/mol. The molecule has 43 heavy (non-hydrogen) atoms. The molecule has 6 heteroatoms. The molecule has 0 spiro atoms. The largest absolute Gasteiger partial charge is 0.481 e. The average molecular weight is 586 g/mol. The van der Waals surface area contributed by atoms with Crippen LogP contribution in [0.5, 0.6) is 0 Å². The number of carboxylic acid groups (broad SMARTS) is 1. The summed E-state index contributed by atoms with van der Waals surface area (Å²) in [5.74, 6) is -1.27. The Morgan fingerprint density at radius 1 is 0.837 bits per heavy atom. The lowest BCUT2D eigenvalue weighted by atomic mass is 9.82. The molecule has 1 aliphatic rings. The number of likely N-dealkylation sites (tertiary alicyclic amines) is 1. The van der Waals surface area contributed by atoms with Crippen molar-refractivity contribution in [3.63, 3.8) is 0 Å². The van der Waals surface area contributed by atoms with E-state index in [0.29, 0.717) is 17.5 Å². The van der Waals surface area contributed by atoms with Gasteiger partial charge in [0.25, 0.3) is 0 Å². The summed E-state index contributed by atoms with van der Waals surface area (Å²) in [6.45, 7) is 5.72. The number of piperidine rings is 1. The van der Waals surface area contributed by atoms with Crippen molar-refractivity contribution < 1.29 is 23.1 Å². The van der Waals surface area contributed by atoms with Crippen molar-refractivity contribution in [2.24, 2.45) is 5.92 Å². The van der Waals surface area contributed by atoms with Crippen molar-refractivity contribution in [1.29, 1.82) is 0 Å². The van der Waals surface area contributed by atoms with Gasteiger partial charge in [0.15, 0.2) is 0 Å². The van der Waals surface area contributed by atoms with Crippen LogP contribution in [0.25, 0.3) is 11.1 Å². The standard InChI is InChI=1S/C37H38F3NO2/c1-25(2)20-34(36(42)43)32-22-30(26-15-17-33(18-16-26)37(38,39)40)21-31(23-32)29-14-9-19-41(24-29)35(27-10-5-3-6-11-27)28-12-7-4-8-13-28/h3-8,10-13,15-18,21-23,25,29,34-35H,9,14,19-20,24H2,1-2H3,(H,42,43). The van der Waals surface area contributed by atoms with Gasteiger partial charge in [-0.3, -0.25) is 9.69 Å². The van der Waals surface area contributed by atoms with Crippen LogP contribution >= 0.6 is 0 Å². The highest BCUT2D eigenvalue weighted by molar-refractivity contribution is 5.78. The van der Waals surface area contributed by atoms with Gasteiger partial charge in [-0.2, -0.15) is 13.2 Å². The maximum absolute atomic E-state index is 13.3. The maximum atomic E-state index is 13.3. The Balaban J connectivity index is 1.55. The average Bonchev–Trinajstić information content (AvgIpc) is 3.00. The van der Waals surface area contributed by atoms with Gasteiger partial charge in [0, 0.05) is 6.54 Å². The molecule has 0 aromatic heterocycles. The van der Waals surface area contributed by atoms with Crippen LogP contribution in [0.15, 0.2) is 103 Å². The Morgan fingerprint density at radius 2 is 1.44 bits per heavy atom. The van der Waals surface area contributed by atoms with E-state index in [1.165, 1.54) is 23.3 Å². The molecule has 1 fully saturated rings. The van der Waals surface area contributed by atoms with Crippen LogP contribution in [0.4, 0.5) is 13.2 Å². The third-order valence-corrected chi connectivity index (χ3v) is 8.45. The predicted molar refractivity (Wildman–Crippen MR) is 165 cm³/mol. The number of halogens is 3. The van der Waals surface area contributed by atoms with E-state index >= 15 is 0 Å². The Morgan fingerprint density at radius 3 is 1.98 bits per heavy atom. The fourth-order valence-electron chi connectivity index (χ4n) is 6.38. The molecule has 4 aromatic carbocycles. The second-order valence-electron chi connectivity index (χ2n) is 12.0. The third-order valence-electron chi connectivity index (χ3n) is 8.45. The molecule has 224 valence electrons. The van der Waals surface area contributed by atoms with E-state index in [9.17, 15) is 23.1 Å². The maximum Gasteiger partial charge on any atom is 0.416 e. The van der Waals surface area contributed by atoms with Crippen molar-refractivity contribution >= 4 is 5.97 Å². The topological polar surface area (TPSA) is 40.5 Å². The molecule has 4 aromatic rings. The Labute approximate surface area is 252 Å². The molecule has 2 unspecified atom stereocenters. The molecule has 0 saturated carbocycles. The number of hydrogen-bond acceptors (Lipinski definition) is 2. The SMILES string of the molecule is CC(C)CC(C(=O)O)c1cc(-c2ccc(C(F)(F)F)cc2)cc(C2CCCN(C(c3ccccc3)c3ccccc3)C2)c1. The number of nitrogens with zero attached hydrogens (tertiary/aromatic N) is 1. The first-order valence-corrected chi connectivity index (χ1v) is 15.0. The highest BCUT2D eigenvalue weighted by Gasteiger charge is 2.32. The molecule has 0 amide bonds. The summed E-state index contributed by atoms with van der Waals surface area (Å²) < 4.78 is 39.9. The number of carbonyl (C=O) groups is 1. The zero-order valence-electron chi connectivity index (χ0n) is 24.6. The zero-order valence-corrected chi connectivity index (χ0v) is 24.6. The number of alkyl halides is 3. The van der Waals surface area contributed by atoms with Gasteiger partial charge in [-0.1, -0.05) is 105 Å². The molecule has 0 bridgehead atoms. The van der Waals surface area contributed by atoms with Gasteiger partial charge in [-0.25, -0.2) is 0 Å². The van der Waals surface area contributed by atoms with Gasteiger partial charge in [0.05, 0.1) is 17.5 Å². The first-order chi connectivity index (χ1) is 20.6. The number of aliphatic carboxylic acids is 1. The quantitative estimate of drug-likeness (QED) is 0.213. The van der Waals surface area contributed by atoms with E-state index in [1.54, 1.807) is 0 Å². The van der Waals surface area contributed by atoms with Gasteiger partial charge in [0.2, 0.25) is 0 Å². The summed E-state index contributed by atoms with van der Waals surface area (Å²) in [4.78, 5) is 15.0. The van der Waals surface area contributed by atoms with E-state index < -0.39 is 23.6 Å². The first-order valence-electron chi connectivity index (χ1n) is 15.0. The molecule has 1 saturated heterocycles. The number of carboxylic acids is 1. The van der Waals surface area contributed by atoms with E-state index in [1.807, 2.05) is 38.1 Å². The van der Waals surface area contributed by atoms with E-state index in [4.69, 9.17) is 0 Å². The second-order valence-corrected chi connectivity index (χ2v) is 12.0. The Bertz CT molecular complexity index is 1460. The summed E-state index contributed by atoms with van der Waals surface area (Å²) >= 11 is 0. The van der Waals surface area contributed by atoms with Crippen LogP contribution in [0.3, 0.4) is 0 Å². The van der Waals surface area contributed by atoms with Crippen LogP contribution in [0.2, 0.25) is 0 Å². The van der Waals surface area contributed by atoms with E-state index in [0.717, 1.165) is 49.2 Å². The number of hydrogen-bond donors (Lipinski definition) is 1. The molecule has 1 N–H and O–H groups in total. The minimum absolute atomic E-state index is 0.0791. The molecule has 0 aliphatic carbocycles. The smallest absolute Gasteiger partial charge is 0.416 e. The minimum atomic E-state index is -4.42. The van der Waals surface area contributed by atoms with E-state index in [-0.39, 0.29) is 17.9 Å². The first kappa shape index (κ1) is 30.6. The molecule has 2 atom stereocenters. The molecule has 3 nitrogen and oxygen atoms in total. The van der Waals surface area contributed by atoms with Crippen LogP contribution < -0.4 is 0 Å². The fourth-order valence-corrected chi connectivity index (χ4v) is 6.38. The summed E-state index contributed by atoms with van der Waals surface area (Å²) in [6.07, 6.45) is -2.01. The lowest BCUT2D eigenvalue weighted by Gasteiger charge is -2.39. The van der Waals surface area contributed by atoms with Crippen molar-refractivity contribution in [3.8, 4) is 11.1 Å². The van der Waals surface area contributed by atoms with Crippen molar-refractivity contribution in [2.45, 2.75) is 57.2 Å². The highest BCUT2D eigenvalue weighted by Crippen LogP contribution is 2.39. The number of rotatable bonds is 9. The molecular formula is C37H38F3NO2. The van der Waals surface area contributed by atoms with Crippen molar-refractivity contribution in [2.75, 3.05) is 13.1 Å². The van der Waals surface area contributed by atoms with Crippen LogP contribution in [-0.2, 0) is 11.0 Å². The van der Waals surface area contributed by atoms with Gasteiger partial charge in [-0.15, -0.1) is 0 Å². The van der Waals surface area contributed by atoms with Crippen LogP contribution in [-0.4, -0.2) is 29.1 Å². The lowest BCUT2D eigenvalue weighted by molar-refractivity contribution is -0.139. The Hall–Kier alpha value is -3.90. The molecule has 0 radical (unpaired) electrons. The van der Waals surface area contributed by atoms with Gasteiger partial charge >= 0.3 is 12.1 Å². The van der Waals surface area contributed by atoms with Gasteiger partial charge < -0.3 is 5.11 Å². The lowest BCUT2D eigenvalue weighted by Crippen LogP contribution is -2.38. The second kappa shape index (κ2) is 13.2. The number of benzene rings is 4. The van der Waals surface area contributed by atoms with Crippen molar-refractivity contribution in [1.82, 2.24) is 4.90 Å². The van der Waals surface area contributed by atoms with Gasteiger partial charge in [-0.05, 0) is 83.2 Å². The minimum Gasteiger partial charge on any atom is -0.481 e. The summed E-state index contributed by atoms with van der Waals surface area (Å²) in [5.41, 5.74) is 4.86. The van der Waals surface area contributed by atoms with Gasteiger partial charge in [0.1, 0.15) is 0 Å². The van der Waals surface area contributed by atoms with Crippen LogP contribution in [0, 0.1) is 5.92 Å². The highest BCUT2D eigenvalue weighted by atomic mass is 19.4. The summed E-state index contributed by atoms with van der Waals surface area (Å²) in [6, 6.07) is 32.1. The molecule has 1 aliphatic heterocycles. The predicted octanol–water partition coefficient (Wildman–Crippen LogP) is 9.56. The third kappa shape index (κ3) is 7.37.